The van der Waals surface area contributed by atoms with E-state index in [-0.39, 0.29) is 59.7 Å². The van der Waals surface area contributed by atoms with Crippen molar-refractivity contribution in [2.45, 2.75) is 111 Å². The zero-order valence-electron chi connectivity index (χ0n) is 33.2. The lowest BCUT2D eigenvalue weighted by atomic mass is 9.84. The third-order valence-corrected chi connectivity index (χ3v) is 11.7. The number of benzene rings is 1. The summed E-state index contributed by atoms with van der Waals surface area (Å²) in [4.78, 5) is 65.2. The largest absolute Gasteiger partial charge is 0.439 e. The second-order valence-electron chi connectivity index (χ2n) is 16.0. The summed E-state index contributed by atoms with van der Waals surface area (Å²) in [5.74, 6) is -0.354. The molecule has 0 radical (unpaired) electrons. The lowest BCUT2D eigenvalue weighted by molar-refractivity contribution is -0.142. The number of thiazole rings is 1. The molecule has 4 rings (SSSR count). The number of amides is 3. The number of rotatable bonds is 17. The van der Waals surface area contributed by atoms with Gasteiger partial charge in [0.2, 0.25) is 5.91 Å². The van der Waals surface area contributed by atoms with Crippen LogP contribution in [-0.4, -0.2) is 108 Å². The summed E-state index contributed by atoms with van der Waals surface area (Å²) >= 11 is 1.28. The molecule has 2 saturated heterocycles. The van der Waals surface area contributed by atoms with Crippen LogP contribution in [0.1, 0.15) is 107 Å². The van der Waals surface area contributed by atoms with Crippen molar-refractivity contribution in [3.05, 3.63) is 52.0 Å². The first-order valence-electron chi connectivity index (χ1n) is 19.6. The first kappa shape index (κ1) is 42.4. The fraction of sp³-hybridized carbons (Fsp3) is 0.683. The van der Waals surface area contributed by atoms with E-state index in [1.54, 1.807) is 22.2 Å². The second kappa shape index (κ2) is 20.4. The average Bonchev–Trinajstić information content (AvgIpc) is 3.63. The van der Waals surface area contributed by atoms with Crippen molar-refractivity contribution in [2.75, 3.05) is 46.9 Å². The molecule has 11 nitrogen and oxygen atoms in total. The first-order valence-corrected chi connectivity index (χ1v) is 20.5. The predicted octanol–water partition coefficient (Wildman–Crippen LogP) is 6.63. The lowest BCUT2D eigenvalue weighted by Gasteiger charge is -2.37. The number of hydrogen-bond acceptors (Lipinski definition) is 9. The molecule has 2 aliphatic heterocycles. The maximum atomic E-state index is 14.3. The van der Waals surface area contributed by atoms with Gasteiger partial charge in [0.25, 0.3) is 5.91 Å². The Balaban J connectivity index is 1.55. The van der Waals surface area contributed by atoms with E-state index in [0.29, 0.717) is 50.1 Å². The molecule has 294 valence electrons. The summed E-state index contributed by atoms with van der Waals surface area (Å²) in [7, 11) is 3.79. The molecule has 3 heterocycles. The van der Waals surface area contributed by atoms with Crippen LogP contribution in [0.25, 0.3) is 0 Å². The molecule has 0 saturated carbocycles. The molecule has 1 N–H and O–H groups in total. The number of Topliss-reactive ketones (excluding diaryl/α,β-unsaturated/α-hetero) is 1. The molecule has 0 aliphatic carbocycles. The summed E-state index contributed by atoms with van der Waals surface area (Å²) in [6, 6.07) is 9.57. The van der Waals surface area contributed by atoms with Crippen molar-refractivity contribution in [1.29, 1.82) is 0 Å². The van der Waals surface area contributed by atoms with Crippen molar-refractivity contribution in [3.63, 3.8) is 0 Å². The van der Waals surface area contributed by atoms with E-state index in [1.807, 2.05) is 52.9 Å². The van der Waals surface area contributed by atoms with Crippen LogP contribution in [0.2, 0.25) is 0 Å². The highest BCUT2D eigenvalue weighted by Crippen LogP contribution is 2.33. The van der Waals surface area contributed by atoms with Crippen LogP contribution in [0.5, 0.6) is 0 Å². The number of ether oxygens (including phenoxy) is 2. The number of ketones is 1. The third-order valence-electron chi connectivity index (χ3n) is 10.7. The van der Waals surface area contributed by atoms with E-state index in [2.05, 4.69) is 36.2 Å². The minimum Gasteiger partial charge on any atom is -0.439 e. The number of aromatic nitrogens is 1. The maximum absolute atomic E-state index is 14.3. The van der Waals surface area contributed by atoms with Gasteiger partial charge >= 0.3 is 6.09 Å². The number of likely N-dealkylation sites (tertiary alicyclic amines) is 1. The van der Waals surface area contributed by atoms with Gasteiger partial charge in [0.15, 0.2) is 11.9 Å². The van der Waals surface area contributed by atoms with Gasteiger partial charge in [0.1, 0.15) is 10.7 Å². The Morgan fingerprint density at radius 2 is 1.68 bits per heavy atom. The summed E-state index contributed by atoms with van der Waals surface area (Å²) in [5.41, 5.74) is 1.42. The van der Waals surface area contributed by atoms with E-state index >= 15 is 0 Å². The number of likely N-dealkylation sites (N-methyl/N-ethyl adjacent to an activating group) is 1. The Bertz CT molecular complexity index is 1480. The molecule has 2 aromatic rings. The van der Waals surface area contributed by atoms with E-state index in [4.69, 9.17) is 14.5 Å². The highest BCUT2D eigenvalue weighted by atomic mass is 32.1. The molecule has 12 heteroatoms. The molecular weight excluding hydrogens is 691 g/mol. The third kappa shape index (κ3) is 12.3. The van der Waals surface area contributed by atoms with E-state index in [1.165, 1.54) is 11.3 Å². The Hall–Kier alpha value is -3.35. The number of hydrogen-bond donors (Lipinski definition) is 1. The Morgan fingerprint density at radius 1 is 0.981 bits per heavy atom. The first-order chi connectivity index (χ1) is 25.2. The fourth-order valence-electron chi connectivity index (χ4n) is 7.57. The average molecular weight is 754 g/mol. The van der Waals surface area contributed by atoms with Gasteiger partial charge in [0, 0.05) is 56.4 Å². The normalized spacial score (nSPS) is 19.2. The van der Waals surface area contributed by atoms with Gasteiger partial charge in [-0.3, -0.25) is 19.3 Å². The second-order valence-corrected chi connectivity index (χ2v) is 16.9. The minimum atomic E-state index is -0.801. The monoisotopic (exact) mass is 753 g/mol. The molecule has 2 aliphatic rings. The number of morpholine rings is 1. The Morgan fingerprint density at radius 3 is 2.30 bits per heavy atom. The van der Waals surface area contributed by atoms with E-state index < -0.39 is 18.1 Å². The summed E-state index contributed by atoms with van der Waals surface area (Å²) < 4.78 is 11.7. The highest BCUT2D eigenvalue weighted by Gasteiger charge is 2.37. The number of nitrogens with zero attached hydrogens (tertiary/aromatic N) is 4. The summed E-state index contributed by atoms with van der Waals surface area (Å²) in [6.45, 7) is 15.0. The van der Waals surface area contributed by atoms with Crippen LogP contribution in [0.3, 0.4) is 0 Å². The van der Waals surface area contributed by atoms with Crippen LogP contribution in [0.4, 0.5) is 4.79 Å². The Labute approximate surface area is 321 Å². The van der Waals surface area contributed by atoms with Gasteiger partial charge in [-0.15, -0.1) is 11.3 Å². The van der Waals surface area contributed by atoms with E-state index in [9.17, 15) is 19.2 Å². The Kier molecular flexibility index (Phi) is 16.3. The van der Waals surface area contributed by atoms with Crippen molar-refractivity contribution in [1.82, 2.24) is 25.0 Å². The van der Waals surface area contributed by atoms with Crippen LogP contribution in [-0.2, 0) is 25.5 Å². The SMILES string of the molecule is CC(C)C[C@H](Cc1ccccc1)NC(=O)c1csc([C@@H](C[C@H](C(C)C)N(C)C(=O)[C@@H](CC(=O)[C@H]2CCCCN2C)C(C)C)OC(=O)N2CCOCC2)n1. The van der Waals surface area contributed by atoms with Crippen LogP contribution in [0, 0.1) is 23.7 Å². The molecule has 53 heavy (non-hydrogen) atoms. The van der Waals surface area contributed by atoms with Gasteiger partial charge in [-0.1, -0.05) is 78.3 Å². The molecular formula is C41H63N5O6S. The molecule has 1 aromatic heterocycles. The number of carbonyl (C=O) groups is 4. The van der Waals surface area contributed by atoms with Gasteiger partial charge in [-0.05, 0) is 62.6 Å². The van der Waals surface area contributed by atoms with Crippen molar-refractivity contribution in [2.24, 2.45) is 23.7 Å². The topological polar surface area (TPSA) is 121 Å². The maximum Gasteiger partial charge on any atom is 0.410 e. The highest BCUT2D eigenvalue weighted by molar-refractivity contribution is 7.09. The van der Waals surface area contributed by atoms with Gasteiger partial charge in [0.05, 0.1) is 19.3 Å². The van der Waals surface area contributed by atoms with Gasteiger partial charge in [-0.2, -0.15) is 0 Å². The lowest BCUT2D eigenvalue weighted by Crippen LogP contribution is -2.48. The zero-order valence-corrected chi connectivity index (χ0v) is 34.0. The molecule has 3 amide bonds. The van der Waals surface area contributed by atoms with Crippen LogP contribution < -0.4 is 5.32 Å². The van der Waals surface area contributed by atoms with Crippen molar-refractivity contribution in [3.8, 4) is 0 Å². The zero-order chi connectivity index (χ0) is 38.7. The number of carbonyl (C=O) groups excluding carboxylic acids is 4. The quantitative estimate of drug-likeness (QED) is 0.191. The van der Waals surface area contributed by atoms with Crippen molar-refractivity contribution < 1.29 is 28.7 Å². The van der Waals surface area contributed by atoms with Crippen molar-refractivity contribution >= 4 is 35.0 Å². The van der Waals surface area contributed by atoms with Gasteiger partial charge < -0.3 is 24.6 Å². The fourth-order valence-corrected chi connectivity index (χ4v) is 8.41. The number of nitrogens with one attached hydrogen (secondary N) is 1. The molecule has 0 unspecified atom stereocenters. The molecule has 2 fully saturated rings. The minimum absolute atomic E-state index is 0.000889. The molecule has 5 atom stereocenters. The summed E-state index contributed by atoms with van der Waals surface area (Å²) in [5, 5.41) is 5.43. The molecule has 0 bridgehead atoms. The summed E-state index contributed by atoms with van der Waals surface area (Å²) in [6.07, 6.45) is 3.67. The van der Waals surface area contributed by atoms with E-state index in [0.717, 1.165) is 37.8 Å². The standard InChI is InChI=1S/C41H63N5O6S/c1-27(2)22-31(23-30-14-10-9-11-15-30)42-38(48)33-26-53-39(43-33)37(52-41(50)46-18-20-51-21-19-46)25-35(29(5)6)45(8)40(49)32(28(3)4)24-36(47)34-16-12-13-17-44(34)7/h9-11,14-15,26-29,31-32,34-35,37H,12-13,16-25H2,1-8H3,(H,42,48)/t31-,32+,34-,35-,37-/m1/s1. The smallest absolute Gasteiger partial charge is 0.410 e. The molecule has 1 aromatic carbocycles. The predicted molar refractivity (Wildman–Crippen MR) is 209 cm³/mol. The number of piperidine rings is 1. The molecule has 0 spiro atoms. The van der Waals surface area contributed by atoms with Crippen LogP contribution in [0.15, 0.2) is 35.7 Å². The van der Waals surface area contributed by atoms with Gasteiger partial charge in [-0.25, -0.2) is 9.78 Å². The van der Waals surface area contributed by atoms with Crippen LogP contribution >= 0.6 is 11.3 Å².